The average Bonchev–Trinajstić information content (AvgIpc) is 1.18. The van der Waals surface area contributed by atoms with E-state index >= 15 is 0 Å². The van der Waals surface area contributed by atoms with Crippen LogP contribution in [0.4, 0.5) is 37.0 Å². The maximum absolute atomic E-state index is 12.5. The second-order valence-corrected chi connectivity index (χ2v) is 33.1. The molecular formula is C73H98Cl5N27O10. The third-order valence-electron chi connectivity index (χ3n) is 18.2. The van der Waals surface area contributed by atoms with E-state index in [1.165, 1.54) is 6.33 Å². The molecule has 15 heterocycles. The van der Waals surface area contributed by atoms with Gasteiger partial charge >= 0.3 is 24.4 Å². The van der Waals surface area contributed by atoms with Crippen LogP contribution in [-0.2, 0) is 23.7 Å². The van der Waals surface area contributed by atoms with Crippen molar-refractivity contribution in [1.82, 2.24) is 118 Å². The third-order valence-corrected chi connectivity index (χ3v) is 19.2. The van der Waals surface area contributed by atoms with E-state index in [-0.39, 0.29) is 94.1 Å². The molecule has 5 saturated heterocycles. The summed E-state index contributed by atoms with van der Waals surface area (Å²) in [6, 6.07) is 0.465. The summed E-state index contributed by atoms with van der Waals surface area (Å²) < 4.78 is 33.2. The van der Waals surface area contributed by atoms with Crippen molar-refractivity contribution in [2.24, 2.45) is 0 Å². The Morgan fingerprint density at radius 2 is 0.774 bits per heavy atom. The maximum atomic E-state index is 12.5. The first-order chi connectivity index (χ1) is 53.9. The number of aromatic amines is 1. The number of amides is 4. The number of nitrogens with one attached hydrogen (secondary N) is 1. The highest BCUT2D eigenvalue weighted by Gasteiger charge is 2.34. The first kappa shape index (κ1) is 87.6. The zero-order valence-electron chi connectivity index (χ0n) is 65.5. The minimum absolute atomic E-state index is 0. The molecule has 5 aliphatic heterocycles. The van der Waals surface area contributed by atoms with E-state index in [2.05, 4.69) is 84.2 Å². The van der Waals surface area contributed by atoms with E-state index < -0.39 is 22.4 Å². The van der Waals surface area contributed by atoms with Crippen LogP contribution in [-0.4, -0.2) is 255 Å². The van der Waals surface area contributed by atoms with E-state index in [9.17, 15) is 24.3 Å². The second kappa shape index (κ2) is 37.4. The molecule has 6 N–H and O–H groups in total. The SMILES string of the molecule is C.CC(C)(C)OC(=O)N1CCC(O)CC1.CC(C)(C)OC(=O)N1CCC(n2cnc3c(-c4cnc(N)nc4)nc(Cl)nc32)CC1.CC(C)(C)OC(=O)N1CCC(n2cnc3c(-c4cnc(N)nc4)nc(N4CCOCC4)nc32)CC1.CC(C)(C)OC(=O)N1CCC(n2cnc3c(Cl)nc(Cl)nc32)CC1.Clc1nc(Cl)c2[nH]cnc2n1. The molecule has 42 heteroatoms. The number of anilines is 3. The second-order valence-electron chi connectivity index (χ2n) is 31.4. The number of piperidine rings is 4. The summed E-state index contributed by atoms with van der Waals surface area (Å²) in [7, 11) is 0. The molecule has 0 aromatic carbocycles. The van der Waals surface area contributed by atoms with Crippen molar-refractivity contribution < 1.29 is 48.0 Å². The summed E-state index contributed by atoms with van der Waals surface area (Å²) in [5.74, 6) is 1.01. The number of ether oxygens (including phenoxy) is 5. The first-order valence-electron chi connectivity index (χ1n) is 37.2. The maximum Gasteiger partial charge on any atom is 0.410 e. The summed E-state index contributed by atoms with van der Waals surface area (Å²) >= 11 is 29.4. The van der Waals surface area contributed by atoms with Crippen LogP contribution in [0, 0.1) is 0 Å². The van der Waals surface area contributed by atoms with E-state index in [4.69, 9.17) is 103 Å². The zero-order chi connectivity index (χ0) is 82.1. The van der Waals surface area contributed by atoms with Gasteiger partial charge in [0.2, 0.25) is 33.7 Å². The number of hydrogen-bond acceptors (Lipinski definition) is 29. The van der Waals surface area contributed by atoms with Gasteiger partial charge in [0.05, 0.1) is 44.6 Å². The van der Waals surface area contributed by atoms with E-state index in [0.717, 1.165) is 49.7 Å². The molecule has 0 radical (unpaired) electrons. The number of fused-ring (bicyclic) bond motifs is 4. The molecule has 5 aliphatic rings. The standard InChI is InChI=1S/C23H31N9O3.C19H23ClN8O2.C15H19Cl2N5O2.C10H19NO3.C5H2Cl2N4.CH4/c1-23(2,3)35-22(33)31-6-4-16(5-7-31)32-14-27-18-17(15-12-25-20(24)26-13-15)28-21(29-19(18)32)30-8-10-34-11-9-30;1-19(2,3)30-18(29)27-6-4-12(5-7-27)28-10-24-14-13(25-16(20)26-15(14)28)11-8-22-17(21)23-9-11;1-15(2,3)24-14(23)21-6-4-9(5-7-21)22-8-18-10-11(16)19-13(17)20-12(10)22;1-10(2,3)14-9(13)11-6-4-8(12)5-7-11;6-3-2-4(9-1-8-2)11-5(7)10-3;/h12-14,16H,4-11H2,1-3H3,(H2,24,25,26);8-10,12H,4-7H2,1-3H3,(H2,21,22,23);8-9H,4-7H2,1-3H3;8,12H,4-7H2,1-3H3;1H,(H,8,9,10,11);1H4. The molecule has 10 aromatic rings. The lowest BCUT2D eigenvalue weighted by molar-refractivity contribution is 0.00970. The average molecular weight is 1690 g/mol. The van der Waals surface area contributed by atoms with Crippen molar-refractivity contribution in [1.29, 1.82) is 0 Å². The lowest BCUT2D eigenvalue weighted by Crippen LogP contribution is -2.42. The lowest BCUT2D eigenvalue weighted by atomic mass is 10.1. The van der Waals surface area contributed by atoms with Crippen molar-refractivity contribution in [3.63, 3.8) is 0 Å². The molecule has 0 unspecified atom stereocenters. The van der Waals surface area contributed by atoms with Crippen LogP contribution in [0.5, 0.6) is 0 Å². The smallest absolute Gasteiger partial charge is 0.410 e. The number of hydrogen-bond donors (Lipinski definition) is 4. The number of rotatable bonds is 6. The highest BCUT2D eigenvalue weighted by Crippen LogP contribution is 2.36. The van der Waals surface area contributed by atoms with Gasteiger partial charge in [0.1, 0.15) is 55.9 Å². The molecule has 620 valence electrons. The number of H-pyrrole nitrogens is 1. The Bertz CT molecular complexity index is 4970. The number of morpholine rings is 1. The number of likely N-dealkylation sites (tertiary alicyclic amines) is 4. The number of aromatic nitrogens is 20. The van der Waals surface area contributed by atoms with Gasteiger partial charge in [-0.2, -0.15) is 19.9 Å². The number of aliphatic hydroxyl groups is 1. The van der Waals surface area contributed by atoms with Gasteiger partial charge in [-0.25, -0.2) is 79.0 Å². The Kier molecular flexibility index (Phi) is 28.5. The molecule has 0 saturated carbocycles. The number of halogens is 5. The van der Waals surface area contributed by atoms with Gasteiger partial charge in [0, 0.05) is 119 Å². The molecular weight excluding hydrogens is 1590 g/mol. The van der Waals surface area contributed by atoms with Crippen molar-refractivity contribution >= 4 is 145 Å². The fourth-order valence-corrected chi connectivity index (χ4v) is 13.8. The highest BCUT2D eigenvalue weighted by atomic mass is 35.5. The van der Waals surface area contributed by atoms with Gasteiger partial charge in [0.25, 0.3) is 0 Å². The van der Waals surface area contributed by atoms with Crippen LogP contribution in [0.2, 0.25) is 26.2 Å². The first-order valence-corrected chi connectivity index (χ1v) is 39.1. The van der Waals surface area contributed by atoms with E-state index in [1.807, 2.05) is 98.5 Å². The number of nitrogens with two attached hydrogens (primary N) is 2. The molecule has 15 rings (SSSR count). The number of imidazole rings is 4. The molecule has 0 spiro atoms. The van der Waals surface area contributed by atoms with Crippen molar-refractivity contribution in [3.8, 4) is 22.5 Å². The Hall–Kier alpha value is -9.79. The van der Waals surface area contributed by atoms with Gasteiger partial charge < -0.3 is 83.4 Å². The lowest BCUT2D eigenvalue weighted by Gasteiger charge is -2.34. The monoisotopic (exact) mass is 1690 g/mol. The van der Waals surface area contributed by atoms with Crippen LogP contribution in [0.15, 0.2) is 50.1 Å². The minimum atomic E-state index is -0.510. The van der Waals surface area contributed by atoms with Crippen LogP contribution in [0.25, 0.3) is 67.2 Å². The van der Waals surface area contributed by atoms with Crippen molar-refractivity contribution in [2.75, 3.05) is 95.0 Å². The summed E-state index contributed by atoms with van der Waals surface area (Å²) in [6.45, 7) is 29.9. The van der Waals surface area contributed by atoms with Gasteiger partial charge in [0.15, 0.2) is 32.9 Å². The van der Waals surface area contributed by atoms with Gasteiger partial charge in [-0.3, -0.25) is 0 Å². The molecule has 0 bridgehead atoms. The summed E-state index contributed by atoms with van der Waals surface area (Å²) in [5, 5.41) is 10.1. The molecule has 0 atom stereocenters. The third kappa shape index (κ3) is 23.5. The fourth-order valence-electron chi connectivity index (χ4n) is 12.8. The highest BCUT2D eigenvalue weighted by molar-refractivity contribution is 6.35. The molecule has 37 nitrogen and oxygen atoms in total. The van der Waals surface area contributed by atoms with E-state index in [1.54, 1.807) is 57.0 Å². The zero-order valence-corrected chi connectivity index (χ0v) is 69.2. The van der Waals surface area contributed by atoms with Crippen LogP contribution >= 0.6 is 58.0 Å². The van der Waals surface area contributed by atoms with Crippen molar-refractivity contribution in [2.45, 2.75) is 189 Å². The number of aliphatic hydroxyl groups excluding tert-OH is 1. The van der Waals surface area contributed by atoms with Gasteiger partial charge in [-0.05, 0) is 169 Å². The Labute approximate surface area is 689 Å². The predicted molar refractivity (Wildman–Crippen MR) is 435 cm³/mol. The Morgan fingerprint density at radius 3 is 1.17 bits per heavy atom. The van der Waals surface area contributed by atoms with Crippen LogP contribution < -0.4 is 16.4 Å². The largest absolute Gasteiger partial charge is 0.444 e. The molecule has 115 heavy (non-hydrogen) atoms. The summed E-state index contributed by atoms with van der Waals surface area (Å²) in [5.41, 5.74) is 16.9. The van der Waals surface area contributed by atoms with Crippen LogP contribution in [0.3, 0.4) is 0 Å². The molecule has 5 fully saturated rings. The van der Waals surface area contributed by atoms with Gasteiger partial charge in [-0.15, -0.1) is 0 Å². The fraction of sp³-hybridized carbons (Fsp3) is 0.562. The summed E-state index contributed by atoms with van der Waals surface area (Å²) in [6.07, 6.45) is 17.8. The predicted octanol–water partition coefficient (Wildman–Crippen LogP) is 12.7. The minimum Gasteiger partial charge on any atom is -0.444 e. The topological polar surface area (TPSA) is 440 Å². The van der Waals surface area contributed by atoms with Crippen molar-refractivity contribution in [3.05, 3.63) is 76.3 Å². The summed E-state index contributed by atoms with van der Waals surface area (Å²) in [4.78, 5) is 128. The quantitative estimate of drug-likeness (QED) is 0.0682. The molecule has 0 aliphatic carbocycles. The molecule has 4 amide bonds. The Balaban J connectivity index is 0.000000160. The number of carbonyl (C=O) groups excluding carboxylic acids is 4. The van der Waals surface area contributed by atoms with E-state index in [0.29, 0.717) is 153 Å². The molecule has 10 aromatic heterocycles. The Morgan fingerprint density at radius 1 is 0.435 bits per heavy atom. The normalized spacial score (nSPS) is 16.3. The van der Waals surface area contributed by atoms with Crippen LogP contribution in [0.1, 0.15) is 160 Å². The van der Waals surface area contributed by atoms with Gasteiger partial charge in [-0.1, -0.05) is 30.6 Å². The number of nitrogen functional groups attached to an aromatic ring is 2. The number of carbonyl (C=O) groups is 4. The number of nitrogens with zero attached hydrogens (tertiary/aromatic N) is 24.